The molecule has 4 aromatic carbocycles. The molecule has 0 amide bonds. The van der Waals surface area contributed by atoms with Crippen LogP contribution in [0.25, 0.3) is 33.7 Å². The lowest BCUT2D eigenvalue weighted by atomic mass is 10.1. The Kier molecular flexibility index (Phi) is 3.52. The zero-order chi connectivity index (χ0) is 15.5. The summed E-state index contributed by atoms with van der Waals surface area (Å²) >= 11 is 0. The molecule has 23 heavy (non-hydrogen) atoms. The molecule has 0 atom stereocenters. The molecular formula is C23H16. The first-order valence-electron chi connectivity index (χ1n) is 7.79. The molecular weight excluding hydrogens is 276 g/mol. The summed E-state index contributed by atoms with van der Waals surface area (Å²) in [5.74, 6) is 0. The zero-order valence-electron chi connectivity index (χ0n) is 12.7. The highest BCUT2D eigenvalue weighted by Gasteiger charge is 1.93. The highest BCUT2D eigenvalue weighted by atomic mass is 14.0. The summed E-state index contributed by atoms with van der Waals surface area (Å²) in [6.45, 7) is 0. The standard InChI is InChI=1S/C23H16/c1-3-10-22-16-18(12-14-20(22)8-1)6-5-7-19-13-15-21-9-2-4-11-23(21)17-19/h1-4,6-17H. The minimum Gasteiger partial charge on any atom is -0.120 e. The van der Waals surface area contributed by atoms with Crippen LogP contribution in [0.3, 0.4) is 0 Å². The highest BCUT2D eigenvalue weighted by Crippen LogP contribution is 2.18. The summed E-state index contributed by atoms with van der Waals surface area (Å²) in [5.41, 5.74) is 5.63. The van der Waals surface area contributed by atoms with Crippen LogP contribution in [0, 0.1) is 0 Å². The van der Waals surface area contributed by atoms with Gasteiger partial charge in [0.25, 0.3) is 0 Å². The van der Waals surface area contributed by atoms with E-state index in [0.29, 0.717) is 0 Å². The van der Waals surface area contributed by atoms with Crippen molar-refractivity contribution in [3.63, 3.8) is 0 Å². The summed E-state index contributed by atoms with van der Waals surface area (Å²) in [6.07, 6.45) is 4.06. The summed E-state index contributed by atoms with van der Waals surface area (Å²) in [6, 6.07) is 29.8. The number of hydrogen-bond acceptors (Lipinski definition) is 0. The molecule has 4 rings (SSSR count). The van der Waals surface area contributed by atoms with E-state index in [0.717, 1.165) is 0 Å². The van der Waals surface area contributed by atoms with Crippen molar-refractivity contribution in [3.05, 3.63) is 102 Å². The molecule has 0 N–H and O–H groups in total. The van der Waals surface area contributed by atoms with E-state index in [-0.39, 0.29) is 0 Å². The van der Waals surface area contributed by atoms with E-state index in [1.165, 1.54) is 32.7 Å². The Labute approximate surface area is 136 Å². The first kappa shape index (κ1) is 13.6. The SMILES string of the molecule is C(=Cc1ccc2ccccc2c1)=Cc1ccc2ccccc2c1. The first-order chi connectivity index (χ1) is 11.4. The van der Waals surface area contributed by atoms with E-state index < -0.39 is 0 Å². The molecule has 0 unspecified atom stereocenters. The normalized spacial score (nSPS) is 10.4. The quantitative estimate of drug-likeness (QED) is 0.379. The molecule has 0 bridgehead atoms. The van der Waals surface area contributed by atoms with E-state index >= 15 is 0 Å². The Balaban J connectivity index is 1.66. The molecule has 0 aromatic heterocycles. The molecule has 0 spiro atoms. The number of hydrogen-bond donors (Lipinski definition) is 0. The van der Waals surface area contributed by atoms with Gasteiger partial charge in [-0.05, 0) is 57.0 Å². The van der Waals surface area contributed by atoms with E-state index in [1.54, 1.807) is 0 Å². The molecule has 0 radical (unpaired) electrons. The maximum absolute atomic E-state index is 3.30. The number of rotatable bonds is 2. The van der Waals surface area contributed by atoms with Crippen molar-refractivity contribution >= 4 is 33.7 Å². The maximum atomic E-state index is 3.30. The zero-order valence-corrected chi connectivity index (χ0v) is 12.7. The number of benzene rings is 4. The van der Waals surface area contributed by atoms with E-state index in [2.05, 4.69) is 90.7 Å². The van der Waals surface area contributed by atoms with Crippen LogP contribution >= 0.6 is 0 Å². The third-order valence-corrected chi connectivity index (χ3v) is 4.05. The van der Waals surface area contributed by atoms with Crippen molar-refractivity contribution < 1.29 is 0 Å². The fourth-order valence-electron chi connectivity index (χ4n) is 2.83. The van der Waals surface area contributed by atoms with E-state index in [1.807, 2.05) is 12.2 Å². The Morgan fingerprint density at radius 2 is 0.913 bits per heavy atom. The van der Waals surface area contributed by atoms with E-state index in [4.69, 9.17) is 0 Å². The predicted octanol–water partition coefficient (Wildman–Crippen LogP) is 6.32. The molecule has 0 nitrogen and oxygen atoms in total. The van der Waals surface area contributed by atoms with Gasteiger partial charge in [0.05, 0.1) is 0 Å². The summed E-state index contributed by atoms with van der Waals surface area (Å²) < 4.78 is 0. The van der Waals surface area contributed by atoms with Gasteiger partial charge in [-0.3, -0.25) is 0 Å². The monoisotopic (exact) mass is 292 g/mol. The molecule has 0 heterocycles. The summed E-state index contributed by atoms with van der Waals surface area (Å²) in [5, 5.41) is 5.05. The second-order valence-corrected chi connectivity index (χ2v) is 5.67. The molecule has 108 valence electrons. The van der Waals surface area contributed by atoms with Crippen molar-refractivity contribution in [2.75, 3.05) is 0 Å². The Morgan fingerprint density at radius 3 is 1.39 bits per heavy atom. The molecule has 0 fully saturated rings. The fraction of sp³-hybridized carbons (Fsp3) is 0. The van der Waals surface area contributed by atoms with E-state index in [9.17, 15) is 0 Å². The van der Waals surface area contributed by atoms with Gasteiger partial charge < -0.3 is 0 Å². The smallest absolute Gasteiger partial charge is 0.0127 e. The summed E-state index contributed by atoms with van der Waals surface area (Å²) in [7, 11) is 0. The highest BCUT2D eigenvalue weighted by molar-refractivity contribution is 5.86. The van der Waals surface area contributed by atoms with Crippen LogP contribution in [-0.2, 0) is 0 Å². The van der Waals surface area contributed by atoms with Gasteiger partial charge in [-0.15, -0.1) is 5.73 Å². The van der Waals surface area contributed by atoms with Gasteiger partial charge in [0.2, 0.25) is 0 Å². The minimum absolute atomic E-state index is 1.17. The average molecular weight is 292 g/mol. The first-order valence-corrected chi connectivity index (χ1v) is 7.79. The molecule has 0 aliphatic heterocycles. The largest absolute Gasteiger partial charge is 0.120 e. The van der Waals surface area contributed by atoms with Gasteiger partial charge in [0.1, 0.15) is 0 Å². The van der Waals surface area contributed by atoms with Gasteiger partial charge in [-0.2, -0.15) is 0 Å². The van der Waals surface area contributed by atoms with Crippen LogP contribution in [-0.4, -0.2) is 0 Å². The van der Waals surface area contributed by atoms with Crippen LogP contribution in [0.15, 0.2) is 90.7 Å². The number of fused-ring (bicyclic) bond motifs is 2. The molecule has 0 saturated heterocycles. The lowest BCUT2D eigenvalue weighted by Gasteiger charge is -1.98. The van der Waals surface area contributed by atoms with Gasteiger partial charge in [-0.25, -0.2) is 0 Å². The third kappa shape index (κ3) is 2.94. The average Bonchev–Trinajstić information content (AvgIpc) is 2.61. The van der Waals surface area contributed by atoms with Crippen molar-refractivity contribution in [2.24, 2.45) is 0 Å². The fourth-order valence-corrected chi connectivity index (χ4v) is 2.83. The molecule has 0 aliphatic carbocycles. The van der Waals surface area contributed by atoms with Gasteiger partial charge >= 0.3 is 0 Å². The second kappa shape index (κ2) is 5.96. The molecule has 4 aromatic rings. The molecule has 0 saturated carbocycles. The second-order valence-electron chi connectivity index (χ2n) is 5.67. The van der Waals surface area contributed by atoms with Crippen LogP contribution in [0.2, 0.25) is 0 Å². The van der Waals surface area contributed by atoms with Gasteiger partial charge in [0.15, 0.2) is 0 Å². The lowest BCUT2D eigenvalue weighted by Crippen LogP contribution is -1.75. The molecule has 0 heteroatoms. The Bertz CT molecular complexity index is 964. The molecule has 0 aliphatic rings. The summed E-state index contributed by atoms with van der Waals surface area (Å²) in [4.78, 5) is 0. The topological polar surface area (TPSA) is 0 Å². The van der Waals surface area contributed by atoms with Gasteiger partial charge in [-0.1, -0.05) is 72.8 Å². The van der Waals surface area contributed by atoms with Gasteiger partial charge in [0, 0.05) is 0 Å². The minimum atomic E-state index is 1.17. The van der Waals surface area contributed by atoms with Crippen molar-refractivity contribution in [1.29, 1.82) is 0 Å². The third-order valence-electron chi connectivity index (χ3n) is 4.05. The Hall–Kier alpha value is -3.08. The van der Waals surface area contributed by atoms with Crippen LogP contribution < -0.4 is 0 Å². The maximum Gasteiger partial charge on any atom is -0.0127 e. The van der Waals surface area contributed by atoms with Crippen LogP contribution in [0.4, 0.5) is 0 Å². The van der Waals surface area contributed by atoms with Crippen molar-refractivity contribution in [2.45, 2.75) is 0 Å². The van der Waals surface area contributed by atoms with Crippen LogP contribution in [0.5, 0.6) is 0 Å². The van der Waals surface area contributed by atoms with Crippen molar-refractivity contribution in [3.8, 4) is 0 Å². The van der Waals surface area contributed by atoms with Crippen molar-refractivity contribution in [1.82, 2.24) is 0 Å². The lowest BCUT2D eigenvalue weighted by molar-refractivity contribution is 1.70. The Morgan fingerprint density at radius 1 is 0.478 bits per heavy atom. The predicted molar refractivity (Wildman–Crippen MR) is 100 cm³/mol. The van der Waals surface area contributed by atoms with Crippen LogP contribution in [0.1, 0.15) is 11.1 Å².